The number of rotatable bonds is 0. The predicted octanol–water partition coefficient (Wildman–Crippen LogP) is 0.984. The Morgan fingerprint density at radius 1 is 1.40 bits per heavy atom. The number of hydrogen-bond donors (Lipinski definition) is 1. The monoisotopic (exact) mass is 147 g/mol. The molecule has 1 N–H and O–H groups in total. The lowest BCUT2D eigenvalue weighted by Crippen LogP contribution is -2.11. The minimum Gasteiger partial charge on any atom is -0.359 e. The Morgan fingerprint density at radius 2 is 1.50 bits per heavy atom. The van der Waals surface area contributed by atoms with E-state index in [2.05, 4.69) is 5.32 Å². The number of amides is 1. The number of carbonyl (C=O) groups excluding carboxylic acids is 2. The van der Waals surface area contributed by atoms with Crippen molar-refractivity contribution in [2.45, 2.75) is 27.7 Å². The van der Waals surface area contributed by atoms with Crippen LogP contribution < -0.4 is 5.32 Å². The smallest absolute Gasteiger partial charge is 0.216 e. The maximum absolute atomic E-state index is 9.70. The molecule has 0 aromatic heterocycles. The summed E-state index contributed by atoms with van der Waals surface area (Å²) in [6.07, 6.45) is 0.750. The third-order valence-corrected chi connectivity index (χ3v) is 0.352. The standard InChI is InChI=1S/C3H7NO.C2H4O.C2H6/c1-3(5)4-2;1-2-3;1-2/h1-2H3,(H,4,5);2H,1H3;1-2H3. The van der Waals surface area contributed by atoms with E-state index in [1.165, 1.54) is 13.8 Å². The van der Waals surface area contributed by atoms with Crippen LogP contribution in [0.2, 0.25) is 0 Å². The van der Waals surface area contributed by atoms with Gasteiger partial charge in [-0.05, 0) is 6.92 Å². The second kappa shape index (κ2) is 24.2. The molecule has 0 spiro atoms. The van der Waals surface area contributed by atoms with Crippen LogP contribution in [0.4, 0.5) is 0 Å². The third kappa shape index (κ3) is 207. The van der Waals surface area contributed by atoms with E-state index >= 15 is 0 Å². The lowest BCUT2D eigenvalue weighted by Gasteiger charge is -1.80. The SMILES string of the molecule is CC.CC=O.CNC(C)=O. The first-order valence-corrected chi connectivity index (χ1v) is 3.27. The molecular formula is C7H17NO2. The number of aldehydes is 1. The van der Waals surface area contributed by atoms with Gasteiger partial charge in [0.2, 0.25) is 5.91 Å². The van der Waals surface area contributed by atoms with E-state index in [0.29, 0.717) is 0 Å². The second-order valence-electron chi connectivity index (χ2n) is 1.04. The van der Waals surface area contributed by atoms with E-state index < -0.39 is 0 Å². The molecule has 0 saturated carbocycles. The van der Waals surface area contributed by atoms with E-state index in [1.54, 1.807) is 7.05 Å². The first-order chi connectivity index (χ1) is 4.68. The van der Waals surface area contributed by atoms with Crippen molar-refractivity contribution in [2.24, 2.45) is 0 Å². The quantitative estimate of drug-likeness (QED) is 0.519. The van der Waals surface area contributed by atoms with Gasteiger partial charge in [-0.1, -0.05) is 13.8 Å². The lowest BCUT2D eigenvalue weighted by atomic mass is 10.7. The zero-order chi connectivity index (χ0) is 8.99. The van der Waals surface area contributed by atoms with Crippen molar-refractivity contribution in [2.75, 3.05) is 7.05 Å². The summed E-state index contributed by atoms with van der Waals surface area (Å²) in [5.74, 6) is 0.00463. The van der Waals surface area contributed by atoms with Crippen LogP contribution in [0, 0.1) is 0 Å². The molecule has 0 saturated heterocycles. The van der Waals surface area contributed by atoms with E-state index in [1.807, 2.05) is 13.8 Å². The first-order valence-electron chi connectivity index (χ1n) is 3.27. The Bertz CT molecular complexity index is 72.0. The fraction of sp³-hybridized carbons (Fsp3) is 0.714. The van der Waals surface area contributed by atoms with Gasteiger partial charge in [0, 0.05) is 14.0 Å². The molecule has 0 radical (unpaired) electrons. The highest BCUT2D eigenvalue weighted by Crippen LogP contribution is 1.45. The van der Waals surface area contributed by atoms with Gasteiger partial charge in [-0.25, -0.2) is 0 Å². The van der Waals surface area contributed by atoms with Crippen molar-refractivity contribution >= 4 is 12.2 Å². The molecule has 3 nitrogen and oxygen atoms in total. The summed E-state index contributed by atoms with van der Waals surface area (Å²) >= 11 is 0. The predicted molar refractivity (Wildman–Crippen MR) is 42.8 cm³/mol. The topological polar surface area (TPSA) is 46.2 Å². The minimum absolute atomic E-state index is 0.00463. The van der Waals surface area contributed by atoms with Crippen LogP contribution in [-0.2, 0) is 9.59 Å². The van der Waals surface area contributed by atoms with Crippen molar-refractivity contribution in [3.63, 3.8) is 0 Å². The average Bonchev–Trinajstić information content (AvgIpc) is 1.94. The Hall–Kier alpha value is -0.860. The largest absolute Gasteiger partial charge is 0.359 e. The average molecular weight is 147 g/mol. The summed E-state index contributed by atoms with van der Waals surface area (Å²) in [6, 6.07) is 0. The van der Waals surface area contributed by atoms with Crippen LogP contribution in [0.5, 0.6) is 0 Å². The van der Waals surface area contributed by atoms with Crippen LogP contribution in [0.3, 0.4) is 0 Å². The Kier molecular flexibility index (Phi) is 38.9. The molecule has 0 heterocycles. The molecule has 0 fully saturated rings. The maximum atomic E-state index is 9.70. The van der Waals surface area contributed by atoms with Crippen molar-refractivity contribution < 1.29 is 9.59 Å². The molecule has 0 aliphatic heterocycles. The number of carbonyl (C=O) groups is 2. The summed E-state index contributed by atoms with van der Waals surface area (Å²) in [6.45, 7) is 6.92. The molecule has 62 valence electrons. The molecule has 10 heavy (non-hydrogen) atoms. The fourth-order valence-electron chi connectivity index (χ4n) is 0. The maximum Gasteiger partial charge on any atom is 0.216 e. The highest BCUT2D eigenvalue weighted by Gasteiger charge is 1.72. The van der Waals surface area contributed by atoms with Crippen LogP contribution in [-0.4, -0.2) is 19.2 Å². The second-order valence-corrected chi connectivity index (χ2v) is 1.04. The molecule has 3 heteroatoms. The summed E-state index contributed by atoms with van der Waals surface area (Å²) in [4.78, 5) is 18.5. The molecule has 0 aliphatic rings. The fourth-order valence-corrected chi connectivity index (χ4v) is 0. The van der Waals surface area contributed by atoms with Gasteiger partial charge < -0.3 is 10.1 Å². The Balaban J connectivity index is -0.0000000847. The summed E-state index contributed by atoms with van der Waals surface area (Å²) in [5, 5.41) is 2.39. The van der Waals surface area contributed by atoms with E-state index in [0.717, 1.165) is 6.29 Å². The van der Waals surface area contributed by atoms with Gasteiger partial charge in [0.25, 0.3) is 0 Å². The molecule has 0 unspecified atom stereocenters. The summed E-state index contributed by atoms with van der Waals surface area (Å²) in [7, 11) is 1.60. The van der Waals surface area contributed by atoms with Gasteiger partial charge in [-0.3, -0.25) is 4.79 Å². The van der Waals surface area contributed by atoms with E-state index in [-0.39, 0.29) is 5.91 Å². The number of hydrogen-bond acceptors (Lipinski definition) is 2. The van der Waals surface area contributed by atoms with Crippen LogP contribution in [0.1, 0.15) is 27.7 Å². The van der Waals surface area contributed by atoms with Crippen molar-refractivity contribution in [3.05, 3.63) is 0 Å². The summed E-state index contributed by atoms with van der Waals surface area (Å²) in [5.41, 5.74) is 0. The van der Waals surface area contributed by atoms with E-state index in [4.69, 9.17) is 4.79 Å². The summed E-state index contributed by atoms with van der Waals surface area (Å²) < 4.78 is 0. The van der Waals surface area contributed by atoms with E-state index in [9.17, 15) is 4.79 Å². The molecule has 0 bridgehead atoms. The molecule has 0 aromatic rings. The zero-order valence-corrected chi connectivity index (χ0v) is 7.39. The van der Waals surface area contributed by atoms with Gasteiger partial charge in [0.15, 0.2) is 0 Å². The van der Waals surface area contributed by atoms with Crippen molar-refractivity contribution in [1.82, 2.24) is 5.32 Å². The minimum atomic E-state index is 0.00463. The first kappa shape index (κ1) is 16.1. The molecule has 1 amide bonds. The zero-order valence-electron chi connectivity index (χ0n) is 7.39. The normalized spacial score (nSPS) is 5.30. The van der Waals surface area contributed by atoms with Crippen molar-refractivity contribution in [3.8, 4) is 0 Å². The van der Waals surface area contributed by atoms with Crippen molar-refractivity contribution in [1.29, 1.82) is 0 Å². The van der Waals surface area contributed by atoms with Gasteiger partial charge in [-0.2, -0.15) is 0 Å². The lowest BCUT2D eigenvalue weighted by molar-refractivity contribution is -0.118. The Morgan fingerprint density at radius 3 is 1.50 bits per heavy atom. The Labute approximate surface area is 62.8 Å². The van der Waals surface area contributed by atoms with Crippen LogP contribution in [0.15, 0.2) is 0 Å². The third-order valence-electron chi connectivity index (χ3n) is 0.352. The highest BCUT2D eigenvalue weighted by atomic mass is 16.1. The van der Waals surface area contributed by atoms with Gasteiger partial charge in [0.1, 0.15) is 6.29 Å². The van der Waals surface area contributed by atoms with Gasteiger partial charge >= 0.3 is 0 Å². The molecule has 0 aromatic carbocycles. The molecule has 0 aliphatic carbocycles. The molecular weight excluding hydrogens is 130 g/mol. The van der Waals surface area contributed by atoms with Crippen LogP contribution >= 0.6 is 0 Å². The number of nitrogens with one attached hydrogen (secondary N) is 1. The highest BCUT2D eigenvalue weighted by molar-refractivity contribution is 5.72. The molecule has 0 rings (SSSR count). The van der Waals surface area contributed by atoms with Gasteiger partial charge in [0.05, 0.1) is 0 Å². The molecule has 0 atom stereocenters. The van der Waals surface area contributed by atoms with Gasteiger partial charge in [-0.15, -0.1) is 0 Å². The van der Waals surface area contributed by atoms with Crippen LogP contribution in [0.25, 0.3) is 0 Å².